The van der Waals surface area contributed by atoms with Crippen molar-refractivity contribution in [1.82, 2.24) is 9.97 Å². The minimum absolute atomic E-state index is 0.314. The van der Waals surface area contributed by atoms with Gasteiger partial charge < -0.3 is 10.3 Å². The highest BCUT2D eigenvalue weighted by molar-refractivity contribution is 6.34. The molecule has 0 bridgehead atoms. The molecule has 1 atom stereocenters. The van der Waals surface area contributed by atoms with Crippen LogP contribution in [0.5, 0.6) is 0 Å². The maximum atomic E-state index is 6.18. The summed E-state index contributed by atoms with van der Waals surface area (Å²) in [4.78, 5) is 7.89. The molecule has 0 saturated heterocycles. The standard InChI is InChI=1S/C17H16ClN3/c18-13-8-4-10-15-16(13)21-17(20-15)19-14-9-3-6-11-5-1-2-7-12(11)14/h1-2,4-5,7-8,10,14H,3,6,9H2,(H2,19,20,21)/t14-/m1/s1. The SMILES string of the molecule is Clc1cccc2[nH]c(N[C@@H]3CCCc4ccccc43)nc12. The number of nitrogens with zero attached hydrogens (tertiary/aromatic N) is 1. The number of nitrogens with one attached hydrogen (secondary N) is 2. The van der Waals surface area contributed by atoms with Gasteiger partial charge in [-0.2, -0.15) is 0 Å². The maximum absolute atomic E-state index is 6.18. The number of para-hydroxylation sites is 1. The number of aromatic amines is 1. The summed E-state index contributed by atoms with van der Waals surface area (Å²) in [5, 5.41) is 4.21. The highest BCUT2D eigenvalue weighted by atomic mass is 35.5. The third kappa shape index (κ3) is 2.28. The molecule has 4 rings (SSSR count). The topological polar surface area (TPSA) is 40.7 Å². The van der Waals surface area contributed by atoms with Crippen LogP contribution >= 0.6 is 11.6 Å². The first-order valence-corrected chi connectivity index (χ1v) is 7.67. The summed E-state index contributed by atoms with van der Waals surface area (Å²) in [7, 11) is 0. The molecule has 2 N–H and O–H groups in total. The summed E-state index contributed by atoms with van der Waals surface area (Å²) < 4.78 is 0. The molecule has 3 aromatic rings. The Morgan fingerprint density at radius 2 is 2.05 bits per heavy atom. The number of halogens is 1. The lowest BCUT2D eigenvalue weighted by atomic mass is 9.88. The molecule has 4 heteroatoms. The summed E-state index contributed by atoms with van der Waals surface area (Å²) >= 11 is 6.18. The Balaban J connectivity index is 1.68. The van der Waals surface area contributed by atoms with E-state index in [1.807, 2.05) is 18.2 Å². The molecule has 0 fully saturated rings. The van der Waals surface area contributed by atoms with Gasteiger partial charge in [0.1, 0.15) is 5.52 Å². The third-order valence-electron chi connectivity index (χ3n) is 4.14. The Kier molecular flexibility index (Phi) is 3.08. The van der Waals surface area contributed by atoms with Crippen molar-refractivity contribution in [1.29, 1.82) is 0 Å². The van der Waals surface area contributed by atoms with Crippen LogP contribution in [0.25, 0.3) is 11.0 Å². The Morgan fingerprint density at radius 1 is 1.14 bits per heavy atom. The lowest BCUT2D eigenvalue weighted by Gasteiger charge is -2.26. The van der Waals surface area contributed by atoms with Crippen LogP contribution in [0.15, 0.2) is 42.5 Å². The summed E-state index contributed by atoms with van der Waals surface area (Å²) in [5.74, 6) is 0.791. The number of hydrogen-bond donors (Lipinski definition) is 2. The molecular formula is C17H16ClN3. The van der Waals surface area contributed by atoms with Crippen molar-refractivity contribution in [2.45, 2.75) is 25.3 Å². The van der Waals surface area contributed by atoms with E-state index in [1.165, 1.54) is 24.0 Å². The Hall–Kier alpha value is -2.00. The molecule has 1 aliphatic rings. The molecule has 1 heterocycles. The van der Waals surface area contributed by atoms with Crippen LogP contribution < -0.4 is 5.32 Å². The predicted molar refractivity (Wildman–Crippen MR) is 86.8 cm³/mol. The first-order valence-electron chi connectivity index (χ1n) is 7.30. The summed E-state index contributed by atoms with van der Waals surface area (Å²) in [6.45, 7) is 0. The monoisotopic (exact) mass is 297 g/mol. The number of hydrogen-bond acceptors (Lipinski definition) is 2. The average Bonchev–Trinajstić information content (AvgIpc) is 2.92. The minimum Gasteiger partial charge on any atom is -0.349 e. The predicted octanol–water partition coefficient (Wildman–Crippen LogP) is 4.71. The van der Waals surface area contributed by atoms with Gasteiger partial charge >= 0.3 is 0 Å². The van der Waals surface area contributed by atoms with E-state index in [2.05, 4.69) is 39.6 Å². The molecule has 1 aliphatic carbocycles. The van der Waals surface area contributed by atoms with Crippen LogP contribution in [0, 0.1) is 0 Å². The molecule has 21 heavy (non-hydrogen) atoms. The van der Waals surface area contributed by atoms with Crippen molar-refractivity contribution in [3.8, 4) is 0 Å². The van der Waals surface area contributed by atoms with Crippen LogP contribution in [0.1, 0.15) is 30.0 Å². The van der Waals surface area contributed by atoms with E-state index < -0.39 is 0 Å². The van der Waals surface area contributed by atoms with Crippen LogP contribution in [0.3, 0.4) is 0 Å². The van der Waals surface area contributed by atoms with Gasteiger partial charge in [-0.05, 0) is 42.5 Å². The molecule has 0 aliphatic heterocycles. The molecular weight excluding hydrogens is 282 g/mol. The van der Waals surface area contributed by atoms with Crippen molar-refractivity contribution >= 4 is 28.6 Å². The fraction of sp³-hybridized carbons (Fsp3) is 0.235. The largest absolute Gasteiger partial charge is 0.349 e. The second-order valence-corrected chi connectivity index (χ2v) is 5.92. The first kappa shape index (κ1) is 12.7. The van der Waals surface area contributed by atoms with E-state index in [4.69, 9.17) is 11.6 Å². The highest BCUT2D eigenvalue weighted by Crippen LogP contribution is 2.32. The Morgan fingerprint density at radius 3 is 2.95 bits per heavy atom. The van der Waals surface area contributed by atoms with Gasteiger partial charge in [0.25, 0.3) is 0 Å². The van der Waals surface area contributed by atoms with Crippen LogP contribution in [0.2, 0.25) is 5.02 Å². The maximum Gasteiger partial charge on any atom is 0.201 e. The molecule has 1 aromatic heterocycles. The lowest BCUT2D eigenvalue weighted by molar-refractivity contribution is 0.597. The van der Waals surface area contributed by atoms with Gasteiger partial charge in [-0.3, -0.25) is 0 Å². The van der Waals surface area contributed by atoms with Gasteiger partial charge in [0.05, 0.1) is 16.6 Å². The fourth-order valence-corrected chi connectivity index (χ4v) is 3.35. The smallest absolute Gasteiger partial charge is 0.201 e. The van der Waals surface area contributed by atoms with E-state index in [9.17, 15) is 0 Å². The normalized spacial score (nSPS) is 17.7. The number of imidazole rings is 1. The average molecular weight is 298 g/mol. The Labute approximate surface area is 128 Å². The lowest BCUT2D eigenvalue weighted by Crippen LogP contribution is -2.17. The number of aromatic nitrogens is 2. The molecule has 106 valence electrons. The Bertz CT molecular complexity index is 794. The van der Waals surface area contributed by atoms with E-state index in [0.717, 1.165) is 23.4 Å². The molecule has 2 aromatic carbocycles. The van der Waals surface area contributed by atoms with Crippen LogP contribution in [-0.2, 0) is 6.42 Å². The quantitative estimate of drug-likeness (QED) is 0.719. The van der Waals surface area contributed by atoms with Crippen molar-refractivity contribution in [3.05, 3.63) is 58.6 Å². The van der Waals surface area contributed by atoms with E-state index >= 15 is 0 Å². The first-order chi connectivity index (χ1) is 10.3. The number of fused-ring (bicyclic) bond motifs is 2. The van der Waals surface area contributed by atoms with Gasteiger partial charge in [0.2, 0.25) is 5.95 Å². The molecule has 3 nitrogen and oxygen atoms in total. The van der Waals surface area contributed by atoms with Gasteiger partial charge in [-0.15, -0.1) is 0 Å². The van der Waals surface area contributed by atoms with Gasteiger partial charge in [-0.25, -0.2) is 4.98 Å². The highest BCUT2D eigenvalue weighted by Gasteiger charge is 2.20. The second-order valence-electron chi connectivity index (χ2n) is 5.51. The van der Waals surface area contributed by atoms with Gasteiger partial charge in [-0.1, -0.05) is 41.9 Å². The number of H-pyrrole nitrogens is 1. The zero-order valence-corrected chi connectivity index (χ0v) is 12.3. The number of aryl methyl sites for hydroxylation is 1. The summed E-state index contributed by atoms with van der Waals surface area (Å²) in [6, 6.07) is 14.8. The number of rotatable bonds is 2. The van der Waals surface area contributed by atoms with Crippen LogP contribution in [0.4, 0.5) is 5.95 Å². The van der Waals surface area contributed by atoms with Crippen molar-refractivity contribution < 1.29 is 0 Å². The van der Waals surface area contributed by atoms with Crippen molar-refractivity contribution in [3.63, 3.8) is 0 Å². The zero-order valence-electron chi connectivity index (χ0n) is 11.6. The van der Waals surface area contributed by atoms with E-state index in [0.29, 0.717) is 11.1 Å². The molecule has 0 amide bonds. The van der Waals surface area contributed by atoms with Crippen LogP contribution in [-0.4, -0.2) is 9.97 Å². The molecule has 0 radical (unpaired) electrons. The second kappa shape index (κ2) is 5.08. The minimum atomic E-state index is 0.314. The number of benzene rings is 2. The summed E-state index contributed by atoms with van der Waals surface area (Å²) in [6.07, 6.45) is 3.50. The van der Waals surface area contributed by atoms with Crippen molar-refractivity contribution in [2.24, 2.45) is 0 Å². The molecule has 0 spiro atoms. The number of anilines is 1. The molecule has 0 saturated carbocycles. The van der Waals surface area contributed by atoms with Gasteiger partial charge in [0.15, 0.2) is 0 Å². The van der Waals surface area contributed by atoms with E-state index in [-0.39, 0.29) is 0 Å². The van der Waals surface area contributed by atoms with Gasteiger partial charge in [0, 0.05) is 0 Å². The summed E-state index contributed by atoms with van der Waals surface area (Å²) in [5.41, 5.74) is 4.62. The third-order valence-corrected chi connectivity index (χ3v) is 4.45. The molecule has 0 unspecified atom stereocenters. The zero-order chi connectivity index (χ0) is 14.2. The van der Waals surface area contributed by atoms with E-state index in [1.54, 1.807) is 0 Å². The fourth-order valence-electron chi connectivity index (χ4n) is 3.13. The van der Waals surface area contributed by atoms with Crippen molar-refractivity contribution in [2.75, 3.05) is 5.32 Å².